The van der Waals surface area contributed by atoms with Crippen molar-refractivity contribution in [2.24, 2.45) is 9.98 Å². The van der Waals surface area contributed by atoms with Crippen molar-refractivity contribution in [3.05, 3.63) is 71.1 Å². The number of phenols is 2. The van der Waals surface area contributed by atoms with Gasteiger partial charge in [0.05, 0.1) is 0 Å². The molecule has 0 aliphatic carbocycles. The van der Waals surface area contributed by atoms with Crippen LogP contribution in [-0.4, -0.2) is 47.8 Å². The number of nitrogens with zero attached hydrogens (tertiary/aromatic N) is 2. The summed E-state index contributed by atoms with van der Waals surface area (Å²) < 4.78 is 0. The van der Waals surface area contributed by atoms with Crippen LogP contribution in [0, 0.1) is 0 Å². The zero-order valence-electron chi connectivity index (χ0n) is 15.5. The van der Waals surface area contributed by atoms with E-state index in [1.165, 1.54) is 0 Å². The van der Waals surface area contributed by atoms with Crippen LogP contribution in [0.1, 0.15) is 25.0 Å². The van der Waals surface area contributed by atoms with Gasteiger partial charge in [0.15, 0.2) is 0 Å². The molecule has 0 heterocycles. The second-order valence-electron chi connectivity index (χ2n) is 5.84. The van der Waals surface area contributed by atoms with Gasteiger partial charge >= 0.3 is 16.8 Å². The van der Waals surface area contributed by atoms with Crippen LogP contribution in [0.25, 0.3) is 11.5 Å². The molecule has 0 fully saturated rings. The van der Waals surface area contributed by atoms with E-state index in [0.29, 0.717) is 17.7 Å². The number of aromatic hydroxyl groups is 2. The maximum Gasteiger partial charge on any atom is 3.00 e. The van der Waals surface area contributed by atoms with Crippen LogP contribution in [0.3, 0.4) is 0 Å². The summed E-state index contributed by atoms with van der Waals surface area (Å²) in [6.45, 7) is 4.38. The molecule has 0 saturated heterocycles. The van der Waals surface area contributed by atoms with Gasteiger partial charge in [-0.25, -0.2) is 0 Å². The second-order valence-corrected chi connectivity index (χ2v) is 5.84. The average molecular weight is 413 g/mol. The summed E-state index contributed by atoms with van der Waals surface area (Å²) in [7, 11) is 0. The maximum atomic E-state index is 9.36. The molecule has 0 amide bonds. The fourth-order valence-electron chi connectivity index (χ4n) is 1.76. The zero-order chi connectivity index (χ0) is 19.4. The molecule has 146 valence electrons. The van der Waals surface area contributed by atoms with Crippen molar-refractivity contribution >= 4 is 12.4 Å². The van der Waals surface area contributed by atoms with E-state index in [1.807, 2.05) is 19.1 Å². The van der Waals surface area contributed by atoms with E-state index in [-0.39, 0.29) is 46.9 Å². The summed E-state index contributed by atoms with van der Waals surface area (Å²) in [5.41, 5.74) is 15.7. The molecule has 4 N–H and O–H groups in total. The fraction of sp³-hybridized carbons (Fsp3) is 0.300. The van der Waals surface area contributed by atoms with Gasteiger partial charge in [0, 0.05) is 36.1 Å². The summed E-state index contributed by atoms with van der Waals surface area (Å²) >= 11 is 0. The molecule has 0 aliphatic rings. The third kappa shape index (κ3) is 10.5. The number of phenolic OH excluding ortho intramolecular Hbond substituents is 2. The number of para-hydroxylation sites is 2. The molecule has 2 atom stereocenters. The van der Waals surface area contributed by atoms with E-state index >= 15 is 0 Å². The van der Waals surface area contributed by atoms with Gasteiger partial charge in [0.2, 0.25) is 0 Å². The fourth-order valence-corrected chi connectivity index (χ4v) is 1.76. The van der Waals surface area contributed by atoms with Gasteiger partial charge in [0.1, 0.15) is 11.5 Å². The molecule has 2 rings (SSSR count). The summed E-state index contributed by atoms with van der Waals surface area (Å²) in [4.78, 5) is 8.13. The summed E-state index contributed by atoms with van der Waals surface area (Å²) in [6, 6.07) is 13.8. The van der Waals surface area contributed by atoms with Crippen LogP contribution in [-0.2, 0) is 16.8 Å². The molecule has 0 saturated carbocycles. The Hall–Kier alpha value is -2.19. The first kappa shape index (κ1) is 24.8. The molecule has 0 radical (unpaired) electrons. The number of hydrogen-bond acceptors (Lipinski definition) is 4. The number of hydrogen-bond donors (Lipinski definition) is 2. The van der Waals surface area contributed by atoms with Crippen LogP contribution >= 0.6 is 0 Å². The summed E-state index contributed by atoms with van der Waals surface area (Å²) in [6.07, 6.45) is 3.20. The smallest absolute Gasteiger partial charge is 0.676 e. The molecule has 7 heteroatoms. The third-order valence-electron chi connectivity index (χ3n) is 3.25. The molecule has 2 aromatic carbocycles. The van der Waals surface area contributed by atoms with E-state index in [2.05, 4.69) is 9.98 Å². The van der Waals surface area contributed by atoms with Crippen LogP contribution in [0.2, 0.25) is 0 Å². The molecule has 2 unspecified atom stereocenters. The van der Waals surface area contributed by atoms with Crippen LogP contribution in [0.4, 0.5) is 0 Å². The van der Waals surface area contributed by atoms with Gasteiger partial charge in [-0.15, -0.1) is 12.6 Å². The zero-order valence-corrected chi connectivity index (χ0v) is 16.5. The predicted octanol–water partition coefficient (Wildman–Crippen LogP) is 4.50. The third-order valence-corrected chi connectivity index (χ3v) is 3.25. The van der Waals surface area contributed by atoms with Crippen molar-refractivity contribution < 1.29 is 27.0 Å². The normalized spacial score (nSPS) is 12.9. The van der Waals surface area contributed by atoms with Gasteiger partial charge in [-0.2, -0.15) is 0 Å². The van der Waals surface area contributed by atoms with Gasteiger partial charge in [-0.3, -0.25) is 9.98 Å². The van der Waals surface area contributed by atoms with E-state index < -0.39 is 0 Å². The molecular formula is C20H26CoN4O2+. The van der Waals surface area contributed by atoms with Crippen molar-refractivity contribution in [1.82, 2.24) is 0 Å². The molecule has 6 nitrogen and oxygen atoms in total. The minimum Gasteiger partial charge on any atom is -0.676 e. The summed E-state index contributed by atoms with van der Waals surface area (Å²) in [5, 5.41) is 18.7. The Balaban J connectivity index is 0.000000483. The second kappa shape index (κ2) is 13.9. The molecular weight excluding hydrogens is 387 g/mol. The van der Waals surface area contributed by atoms with E-state index in [4.69, 9.17) is 11.5 Å². The van der Waals surface area contributed by atoms with Crippen molar-refractivity contribution in [3.8, 4) is 11.5 Å². The van der Waals surface area contributed by atoms with Crippen molar-refractivity contribution in [1.29, 1.82) is 0 Å². The number of nitrogens with one attached hydrogen (secondary N) is 2. The minimum absolute atomic E-state index is 0. The first-order valence-corrected chi connectivity index (χ1v) is 8.38. The SMILES string of the molecule is CC(C[NH-])N=Cc1ccccc1O.CC([NH-])CN=Cc1ccccc1O.[Co+3]. The van der Waals surface area contributed by atoms with Crippen LogP contribution in [0.15, 0.2) is 58.5 Å². The number of aliphatic imine (C=N–C) groups is 2. The van der Waals surface area contributed by atoms with Crippen molar-refractivity contribution in [2.75, 3.05) is 13.1 Å². The Morgan fingerprint density at radius 1 is 0.926 bits per heavy atom. The molecule has 0 spiro atoms. The van der Waals surface area contributed by atoms with E-state index in [9.17, 15) is 10.2 Å². The van der Waals surface area contributed by atoms with Crippen LogP contribution < -0.4 is 0 Å². The first-order valence-electron chi connectivity index (χ1n) is 8.38. The molecule has 0 aliphatic heterocycles. The number of rotatable bonds is 6. The maximum absolute atomic E-state index is 9.36. The Morgan fingerprint density at radius 2 is 1.41 bits per heavy atom. The van der Waals surface area contributed by atoms with Crippen LogP contribution in [0.5, 0.6) is 11.5 Å². The van der Waals surface area contributed by atoms with E-state index in [0.717, 1.165) is 0 Å². The molecule has 27 heavy (non-hydrogen) atoms. The largest absolute Gasteiger partial charge is 3.00 e. The topological polar surface area (TPSA) is 113 Å². The standard InChI is InChI=1S/2C10H13N2O.Co/c1-8(11)6-12-7-9-4-2-3-5-10(9)13;1-8(6-11)12-7-9-4-2-3-5-10(9)13;/h2*2-5,7-8,11,13H,6H2,1H3;/q2*-1;+3. The van der Waals surface area contributed by atoms with Gasteiger partial charge in [0.25, 0.3) is 0 Å². The Bertz CT molecular complexity index is 721. The van der Waals surface area contributed by atoms with E-state index in [1.54, 1.807) is 55.8 Å². The number of benzene rings is 2. The average Bonchev–Trinajstić information content (AvgIpc) is 2.62. The molecule has 0 aromatic heterocycles. The minimum atomic E-state index is -0.192. The molecule has 2 aromatic rings. The van der Waals surface area contributed by atoms with Crippen molar-refractivity contribution in [3.63, 3.8) is 0 Å². The van der Waals surface area contributed by atoms with Crippen molar-refractivity contribution in [2.45, 2.75) is 25.9 Å². The predicted molar refractivity (Wildman–Crippen MR) is 109 cm³/mol. The van der Waals surface area contributed by atoms with Gasteiger partial charge in [-0.1, -0.05) is 31.2 Å². The van der Waals surface area contributed by atoms with Gasteiger partial charge < -0.3 is 21.7 Å². The Labute approximate surface area is 171 Å². The monoisotopic (exact) mass is 413 g/mol. The molecule has 0 bridgehead atoms. The Morgan fingerprint density at radius 3 is 1.85 bits per heavy atom. The first-order chi connectivity index (χ1) is 12.4. The quantitative estimate of drug-likeness (QED) is 0.679. The Kier molecular flexibility index (Phi) is 12.8. The van der Waals surface area contributed by atoms with Gasteiger partial charge in [-0.05, 0) is 31.2 Å². The summed E-state index contributed by atoms with van der Waals surface area (Å²) in [5.74, 6) is 0.451.